The number of benzene rings is 1. The van der Waals surface area contributed by atoms with Gasteiger partial charge in [0, 0.05) is 24.3 Å². The molecular formula is C30H40N8O2. The third-order valence-electron chi connectivity index (χ3n) is 6.63. The van der Waals surface area contributed by atoms with E-state index in [1.165, 1.54) is 0 Å². The maximum absolute atomic E-state index is 12.4. The first-order valence-electron chi connectivity index (χ1n) is 13.9. The Hall–Kier alpha value is -4.05. The molecule has 0 radical (unpaired) electrons. The zero-order valence-corrected chi connectivity index (χ0v) is 24.0. The summed E-state index contributed by atoms with van der Waals surface area (Å²) in [6.45, 7) is 11.0. The van der Waals surface area contributed by atoms with Crippen molar-refractivity contribution in [2.24, 2.45) is 11.7 Å². The number of aromatic nitrogens is 5. The maximum atomic E-state index is 12.4. The summed E-state index contributed by atoms with van der Waals surface area (Å²) in [6, 6.07) is 13.5. The molecule has 212 valence electrons. The molecule has 3 aromatic heterocycles. The summed E-state index contributed by atoms with van der Waals surface area (Å²) < 4.78 is 7.54. The molecule has 40 heavy (non-hydrogen) atoms. The van der Waals surface area contributed by atoms with Crippen LogP contribution in [0.4, 0.5) is 11.8 Å². The molecule has 3 heterocycles. The van der Waals surface area contributed by atoms with Crippen molar-refractivity contribution in [3.63, 3.8) is 0 Å². The average Bonchev–Trinajstić information content (AvgIpc) is 3.38. The van der Waals surface area contributed by atoms with Gasteiger partial charge in [0.15, 0.2) is 17.0 Å². The van der Waals surface area contributed by atoms with Gasteiger partial charge >= 0.3 is 5.97 Å². The fourth-order valence-electron chi connectivity index (χ4n) is 4.33. The number of rotatable bonds is 13. The predicted molar refractivity (Wildman–Crippen MR) is 159 cm³/mol. The van der Waals surface area contributed by atoms with Crippen molar-refractivity contribution >= 4 is 28.9 Å². The van der Waals surface area contributed by atoms with Crippen LogP contribution in [0.1, 0.15) is 59.1 Å². The van der Waals surface area contributed by atoms with Gasteiger partial charge in [-0.25, -0.2) is 4.98 Å². The van der Waals surface area contributed by atoms with Gasteiger partial charge in [0.05, 0.1) is 18.1 Å². The summed E-state index contributed by atoms with van der Waals surface area (Å²) in [4.78, 5) is 30.9. The second-order valence-corrected chi connectivity index (χ2v) is 10.7. The van der Waals surface area contributed by atoms with Crippen LogP contribution in [0.3, 0.4) is 0 Å². The van der Waals surface area contributed by atoms with Crippen LogP contribution in [0, 0.1) is 5.92 Å². The number of carbonyl (C=O) groups is 1. The highest BCUT2D eigenvalue weighted by Crippen LogP contribution is 2.25. The molecular weight excluding hydrogens is 504 g/mol. The SMILES string of the molecule is CC[C@@H](COC(=O)[C@@H](N)CC(C)C)Nc1nc(NCc2ccc(-c3ccccn3)cc2)c2ncn(C(C)C)c2n1. The van der Waals surface area contributed by atoms with Crippen LogP contribution < -0.4 is 16.4 Å². The van der Waals surface area contributed by atoms with Gasteiger partial charge in [-0.05, 0) is 50.3 Å². The molecule has 0 saturated heterocycles. The smallest absolute Gasteiger partial charge is 0.322 e. The van der Waals surface area contributed by atoms with Gasteiger partial charge in [-0.2, -0.15) is 9.97 Å². The Balaban J connectivity index is 1.50. The minimum Gasteiger partial charge on any atom is -0.462 e. The van der Waals surface area contributed by atoms with Crippen LogP contribution in [0.2, 0.25) is 0 Å². The highest BCUT2D eigenvalue weighted by molar-refractivity contribution is 5.84. The lowest BCUT2D eigenvalue weighted by molar-refractivity contribution is -0.146. The van der Waals surface area contributed by atoms with E-state index in [9.17, 15) is 4.79 Å². The van der Waals surface area contributed by atoms with Gasteiger partial charge in [0.1, 0.15) is 12.6 Å². The third kappa shape index (κ3) is 7.32. The number of fused-ring (bicyclic) bond motifs is 1. The maximum Gasteiger partial charge on any atom is 0.322 e. The highest BCUT2D eigenvalue weighted by atomic mass is 16.5. The third-order valence-corrected chi connectivity index (χ3v) is 6.63. The van der Waals surface area contributed by atoms with Crippen LogP contribution in [0.25, 0.3) is 22.4 Å². The summed E-state index contributed by atoms with van der Waals surface area (Å²) in [7, 11) is 0. The molecule has 0 spiro atoms. The van der Waals surface area contributed by atoms with Crippen LogP contribution in [0.5, 0.6) is 0 Å². The number of nitrogens with one attached hydrogen (secondary N) is 2. The van der Waals surface area contributed by atoms with E-state index in [1.807, 2.05) is 43.5 Å². The summed E-state index contributed by atoms with van der Waals surface area (Å²) in [6.07, 6.45) is 4.88. The zero-order valence-electron chi connectivity index (χ0n) is 24.0. The number of ether oxygens (including phenoxy) is 1. The molecule has 0 unspecified atom stereocenters. The molecule has 0 aliphatic carbocycles. The molecule has 0 aliphatic heterocycles. The fourth-order valence-corrected chi connectivity index (χ4v) is 4.33. The summed E-state index contributed by atoms with van der Waals surface area (Å²) in [5, 5.41) is 6.79. The monoisotopic (exact) mass is 544 g/mol. The molecule has 0 amide bonds. The number of imidazole rings is 1. The number of anilines is 2. The normalized spacial score (nSPS) is 13.0. The van der Waals surface area contributed by atoms with E-state index < -0.39 is 6.04 Å². The number of nitrogens with zero attached hydrogens (tertiary/aromatic N) is 5. The van der Waals surface area contributed by atoms with Crippen LogP contribution in [-0.4, -0.2) is 49.2 Å². The molecule has 4 N–H and O–H groups in total. The molecule has 0 saturated carbocycles. The van der Waals surface area contributed by atoms with Crippen molar-refractivity contribution in [2.45, 2.75) is 72.1 Å². The van der Waals surface area contributed by atoms with Crippen LogP contribution in [-0.2, 0) is 16.1 Å². The summed E-state index contributed by atoms with van der Waals surface area (Å²) in [5.41, 5.74) is 10.5. The molecule has 2 atom stereocenters. The van der Waals surface area contributed by atoms with Crippen molar-refractivity contribution in [3.8, 4) is 11.3 Å². The first-order chi connectivity index (χ1) is 19.2. The Morgan fingerprint density at radius 1 is 1.05 bits per heavy atom. The quantitative estimate of drug-likeness (QED) is 0.195. The zero-order chi connectivity index (χ0) is 28.6. The predicted octanol–water partition coefficient (Wildman–Crippen LogP) is 5.19. The van der Waals surface area contributed by atoms with E-state index >= 15 is 0 Å². The Morgan fingerprint density at radius 3 is 2.48 bits per heavy atom. The largest absolute Gasteiger partial charge is 0.462 e. The Morgan fingerprint density at radius 2 is 1.82 bits per heavy atom. The van der Waals surface area contributed by atoms with Gasteiger partial charge in [0.2, 0.25) is 5.95 Å². The van der Waals surface area contributed by atoms with E-state index in [-0.39, 0.29) is 24.7 Å². The van der Waals surface area contributed by atoms with E-state index in [4.69, 9.17) is 20.4 Å². The van der Waals surface area contributed by atoms with E-state index in [2.05, 4.69) is 58.7 Å². The second-order valence-electron chi connectivity index (χ2n) is 10.7. The minimum absolute atomic E-state index is 0.171. The van der Waals surface area contributed by atoms with Gasteiger partial charge in [0.25, 0.3) is 0 Å². The summed E-state index contributed by atoms with van der Waals surface area (Å²) in [5.74, 6) is 1.00. The van der Waals surface area contributed by atoms with Crippen LogP contribution >= 0.6 is 0 Å². The molecule has 0 aliphatic rings. The first-order valence-corrected chi connectivity index (χ1v) is 13.9. The molecule has 4 rings (SSSR count). The Labute approximate surface area is 235 Å². The van der Waals surface area contributed by atoms with Gasteiger partial charge in [-0.15, -0.1) is 0 Å². The number of pyridine rings is 1. The van der Waals surface area contributed by atoms with E-state index in [1.54, 1.807) is 12.5 Å². The highest BCUT2D eigenvalue weighted by Gasteiger charge is 2.20. The van der Waals surface area contributed by atoms with Gasteiger partial charge < -0.3 is 25.7 Å². The minimum atomic E-state index is -0.626. The number of hydrogen-bond acceptors (Lipinski definition) is 9. The molecule has 10 heteroatoms. The van der Waals surface area contributed by atoms with Crippen molar-refractivity contribution in [1.29, 1.82) is 0 Å². The van der Waals surface area contributed by atoms with Crippen molar-refractivity contribution < 1.29 is 9.53 Å². The van der Waals surface area contributed by atoms with E-state index in [0.717, 1.165) is 22.5 Å². The molecule has 0 fully saturated rings. The molecule has 1 aromatic carbocycles. The lowest BCUT2D eigenvalue weighted by Crippen LogP contribution is -2.36. The Bertz CT molecular complexity index is 1390. The van der Waals surface area contributed by atoms with Crippen molar-refractivity contribution in [2.75, 3.05) is 17.2 Å². The standard InChI is InChI=1S/C30H40N8O2/c1-6-23(17-40-29(39)24(31)15-19(2)3)35-30-36-27(26-28(37-30)38(18-34-26)20(4)5)33-16-21-10-12-22(13-11-21)25-9-7-8-14-32-25/h7-14,18-20,23-24H,6,15-17,31H2,1-5H3,(H2,33,35,36,37)/t23-,24-/m0/s1. The topological polar surface area (TPSA) is 133 Å². The number of hydrogen-bond donors (Lipinski definition) is 3. The second kappa shape index (κ2) is 13.3. The molecule has 0 bridgehead atoms. The first kappa shape index (κ1) is 28.9. The lowest BCUT2D eigenvalue weighted by Gasteiger charge is -2.20. The number of esters is 1. The van der Waals surface area contributed by atoms with Gasteiger partial charge in [-0.3, -0.25) is 9.78 Å². The Kier molecular flexibility index (Phi) is 9.65. The number of nitrogens with two attached hydrogens (primary N) is 1. The van der Waals surface area contributed by atoms with Crippen molar-refractivity contribution in [1.82, 2.24) is 24.5 Å². The molecule has 10 nitrogen and oxygen atoms in total. The van der Waals surface area contributed by atoms with Crippen LogP contribution in [0.15, 0.2) is 55.0 Å². The summed E-state index contributed by atoms with van der Waals surface area (Å²) >= 11 is 0. The van der Waals surface area contributed by atoms with Crippen molar-refractivity contribution in [3.05, 3.63) is 60.6 Å². The van der Waals surface area contributed by atoms with Gasteiger partial charge in [-0.1, -0.05) is 51.1 Å². The van der Waals surface area contributed by atoms with E-state index in [0.29, 0.717) is 42.6 Å². The molecule has 4 aromatic rings. The average molecular weight is 545 g/mol. The lowest BCUT2D eigenvalue weighted by atomic mass is 10.1. The fraction of sp³-hybridized carbons (Fsp3) is 0.433. The number of carbonyl (C=O) groups excluding carboxylic acids is 1.